The molecule has 1 aliphatic rings. The summed E-state index contributed by atoms with van der Waals surface area (Å²) in [4.78, 5) is 37.1. The van der Waals surface area contributed by atoms with E-state index in [0.717, 1.165) is 16.7 Å². The second-order valence-corrected chi connectivity index (χ2v) is 6.62. The Morgan fingerprint density at radius 1 is 1.04 bits per heavy atom. The summed E-state index contributed by atoms with van der Waals surface area (Å²) in [5, 5.41) is 3.00. The highest BCUT2D eigenvalue weighted by atomic mass is 16.2. The summed E-state index contributed by atoms with van der Waals surface area (Å²) < 4.78 is 0. The number of hydrogen-bond acceptors (Lipinski definition) is 3. The van der Waals surface area contributed by atoms with E-state index in [0.29, 0.717) is 5.56 Å². The van der Waals surface area contributed by atoms with Gasteiger partial charge in [0.05, 0.1) is 12.6 Å². The van der Waals surface area contributed by atoms with Crippen LogP contribution in [0.15, 0.2) is 48.5 Å². The second kappa shape index (κ2) is 7.52. The summed E-state index contributed by atoms with van der Waals surface area (Å²) in [6.45, 7) is 4.24. The maximum atomic E-state index is 12.5. The van der Waals surface area contributed by atoms with E-state index in [1.165, 1.54) is 4.90 Å². The molecule has 1 atom stereocenters. The van der Waals surface area contributed by atoms with Crippen LogP contribution in [0.25, 0.3) is 0 Å². The van der Waals surface area contributed by atoms with E-state index in [9.17, 15) is 14.4 Å². The molecule has 0 spiro atoms. The number of nitrogens with one attached hydrogen (secondary N) is 1. The molecule has 1 fully saturated rings. The number of likely N-dealkylation sites (tertiary alicyclic amines) is 1. The molecule has 5 nitrogen and oxygen atoms in total. The average Bonchev–Trinajstić information content (AvgIpc) is 2.94. The van der Waals surface area contributed by atoms with Crippen LogP contribution >= 0.6 is 0 Å². The van der Waals surface area contributed by atoms with Crippen LogP contribution in [0, 0.1) is 6.92 Å². The van der Waals surface area contributed by atoms with Gasteiger partial charge in [0.15, 0.2) is 0 Å². The molecule has 0 aliphatic carbocycles. The topological polar surface area (TPSA) is 66.5 Å². The third kappa shape index (κ3) is 3.82. The van der Waals surface area contributed by atoms with Crippen LogP contribution in [0.2, 0.25) is 0 Å². The highest BCUT2D eigenvalue weighted by Crippen LogP contribution is 2.18. The normalized spacial score (nSPS) is 15.2. The summed E-state index contributed by atoms with van der Waals surface area (Å²) in [6.07, 6.45) is 0.576. The molecule has 0 radical (unpaired) electrons. The number of nitrogens with zero attached hydrogens (tertiary/aromatic N) is 1. The van der Waals surface area contributed by atoms with Gasteiger partial charge in [0.2, 0.25) is 11.8 Å². The molecule has 1 aliphatic heterocycles. The third-order valence-electron chi connectivity index (χ3n) is 4.71. The Balaban J connectivity index is 1.64. The number of carbonyl (C=O) groups is 3. The molecule has 0 unspecified atom stereocenters. The molecular formula is C21H22N2O3. The molecule has 3 rings (SSSR count). The van der Waals surface area contributed by atoms with Gasteiger partial charge >= 0.3 is 0 Å². The van der Waals surface area contributed by atoms with Gasteiger partial charge in [-0.05, 0) is 42.7 Å². The fourth-order valence-electron chi connectivity index (χ4n) is 3.17. The number of rotatable bonds is 5. The first kappa shape index (κ1) is 17.9. The molecule has 1 heterocycles. The van der Waals surface area contributed by atoms with Crippen molar-refractivity contribution in [2.24, 2.45) is 0 Å². The number of amides is 3. The van der Waals surface area contributed by atoms with E-state index in [2.05, 4.69) is 5.32 Å². The average molecular weight is 350 g/mol. The molecule has 2 aromatic carbocycles. The maximum absolute atomic E-state index is 12.5. The third-order valence-corrected chi connectivity index (χ3v) is 4.71. The summed E-state index contributed by atoms with van der Waals surface area (Å²) >= 11 is 0. The fraction of sp³-hybridized carbons (Fsp3) is 0.286. The Kier molecular flexibility index (Phi) is 5.16. The molecule has 26 heavy (non-hydrogen) atoms. The quantitative estimate of drug-likeness (QED) is 0.843. The number of benzene rings is 2. The summed E-state index contributed by atoms with van der Waals surface area (Å²) in [6, 6.07) is 14.9. The van der Waals surface area contributed by atoms with E-state index in [1.807, 2.05) is 38.1 Å². The second-order valence-electron chi connectivity index (χ2n) is 6.62. The van der Waals surface area contributed by atoms with Crippen molar-refractivity contribution in [3.05, 3.63) is 70.8 Å². The molecule has 5 heteroatoms. The molecule has 134 valence electrons. The lowest BCUT2D eigenvalue weighted by atomic mass is 10.0. The lowest BCUT2D eigenvalue weighted by Crippen LogP contribution is -2.28. The van der Waals surface area contributed by atoms with Crippen LogP contribution < -0.4 is 5.32 Å². The van der Waals surface area contributed by atoms with Gasteiger partial charge in [0.1, 0.15) is 0 Å². The van der Waals surface area contributed by atoms with Crippen LogP contribution in [0.4, 0.5) is 0 Å². The van der Waals surface area contributed by atoms with Gasteiger partial charge in [-0.2, -0.15) is 0 Å². The SMILES string of the molecule is Cc1ccccc1[C@@H](C)NC(=O)c1ccc(CN2C(=O)CCC2=O)cc1. The Hall–Kier alpha value is -2.95. The standard InChI is InChI=1S/C21H22N2O3/c1-14-5-3-4-6-18(14)15(2)22-21(26)17-9-7-16(8-10-17)13-23-19(24)11-12-20(23)25/h3-10,15H,11-13H2,1-2H3,(H,22,26)/t15-/m1/s1. The van der Waals surface area contributed by atoms with E-state index < -0.39 is 0 Å². The van der Waals surface area contributed by atoms with Gasteiger partial charge in [0.25, 0.3) is 5.91 Å². The zero-order chi connectivity index (χ0) is 18.7. The maximum Gasteiger partial charge on any atom is 0.251 e. The molecule has 0 aromatic heterocycles. The van der Waals surface area contributed by atoms with Crippen LogP contribution in [0.3, 0.4) is 0 Å². The summed E-state index contributed by atoms with van der Waals surface area (Å²) in [5.74, 6) is -0.423. The molecule has 0 bridgehead atoms. The van der Waals surface area contributed by atoms with E-state index in [-0.39, 0.29) is 43.1 Å². The first-order chi connectivity index (χ1) is 12.5. The van der Waals surface area contributed by atoms with Crippen molar-refractivity contribution in [1.29, 1.82) is 0 Å². The first-order valence-corrected chi connectivity index (χ1v) is 8.74. The van der Waals surface area contributed by atoms with Gasteiger partial charge in [0, 0.05) is 18.4 Å². The smallest absolute Gasteiger partial charge is 0.251 e. The van der Waals surface area contributed by atoms with Gasteiger partial charge in [-0.15, -0.1) is 0 Å². The predicted molar refractivity (Wildman–Crippen MR) is 98.3 cm³/mol. The largest absolute Gasteiger partial charge is 0.346 e. The molecule has 1 N–H and O–H groups in total. The highest BCUT2D eigenvalue weighted by molar-refractivity contribution is 6.01. The molecule has 2 aromatic rings. The lowest BCUT2D eigenvalue weighted by molar-refractivity contribution is -0.139. The molecular weight excluding hydrogens is 328 g/mol. The van der Waals surface area contributed by atoms with E-state index in [1.54, 1.807) is 24.3 Å². The highest BCUT2D eigenvalue weighted by Gasteiger charge is 2.28. The predicted octanol–water partition coefficient (Wildman–Crippen LogP) is 3.14. The van der Waals surface area contributed by atoms with Crippen molar-refractivity contribution in [3.8, 4) is 0 Å². The van der Waals surface area contributed by atoms with Crippen LogP contribution in [-0.4, -0.2) is 22.6 Å². The van der Waals surface area contributed by atoms with E-state index in [4.69, 9.17) is 0 Å². The van der Waals surface area contributed by atoms with Gasteiger partial charge < -0.3 is 5.32 Å². The Morgan fingerprint density at radius 2 is 1.65 bits per heavy atom. The molecule has 3 amide bonds. The van der Waals surface area contributed by atoms with Crippen molar-refractivity contribution in [1.82, 2.24) is 10.2 Å². The van der Waals surface area contributed by atoms with Crippen molar-refractivity contribution < 1.29 is 14.4 Å². The van der Waals surface area contributed by atoms with Crippen LogP contribution in [0.5, 0.6) is 0 Å². The van der Waals surface area contributed by atoms with Gasteiger partial charge in [-0.3, -0.25) is 19.3 Å². The van der Waals surface area contributed by atoms with Crippen molar-refractivity contribution in [2.45, 2.75) is 39.3 Å². The monoisotopic (exact) mass is 350 g/mol. The number of carbonyl (C=O) groups excluding carboxylic acids is 3. The first-order valence-electron chi connectivity index (χ1n) is 8.74. The number of aryl methyl sites for hydroxylation is 1. The van der Waals surface area contributed by atoms with Crippen LogP contribution in [-0.2, 0) is 16.1 Å². The fourth-order valence-corrected chi connectivity index (χ4v) is 3.17. The summed E-state index contributed by atoms with van der Waals surface area (Å²) in [5.41, 5.74) is 3.60. The number of hydrogen-bond donors (Lipinski definition) is 1. The van der Waals surface area contributed by atoms with Gasteiger partial charge in [-0.25, -0.2) is 0 Å². The Bertz CT molecular complexity index is 827. The van der Waals surface area contributed by atoms with Crippen LogP contribution in [0.1, 0.15) is 52.9 Å². The number of imide groups is 1. The lowest BCUT2D eigenvalue weighted by Gasteiger charge is -2.17. The van der Waals surface area contributed by atoms with Crippen molar-refractivity contribution in [3.63, 3.8) is 0 Å². The van der Waals surface area contributed by atoms with Crippen molar-refractivity contribution >= 4 is 17.7 Å². The van der Waals surface area contributed by atoms with E-state index >= 15 is 0 Å². The molecule has 1 saturated heterocycles. The minimum atomic E-state index is -0.152. The Labute approximate surface area is 153 Å². The molecule has 0 saturated carbocycles. The van der Waals surface area contributed by atoms with Crippen molar-refractivity contribution in [2.75, 3.05) is 0 Å². The minimum absolute atomic E-state index is 0.0942. The zero-order valence-corrected chi connectivity index (χ0v) is 15.0. The summed E-state index contributed by atoms with van der Waals surface area (Å²) in [7, 11) is 0. The minimum Gasteiger partial charge on any atom is -0.346 e. The van der Waals surface area contributed by atoms with Gasteiger partial charge in [-0.1, -0.05) is 36.4 Å². The zero-order valence-electron chi connectivity index (χ0n) is 15.0. The Morgan fingerprint density at radius 3 is 2.27 bits per heavy atom.